The molecule has 0 amide bonds. The van der Waals surface area contributed by atoms with Crippen LogP contribution in [0, 0.1) is 0 Å². The van der Waals surface area contributed by atoms with Gasteiger partial charge < -0.3 is 9.47 Å². The standard InChI is InChI=1S/C12H21F3N4O2/c1-8(2)19-11(10(20-3)6-17-19)9(18-16)4-5-21-7-12(13,14)15/h6,8-9,18H,4-5,7,16H2,1-3H3. The van der Waals surface area contributed by atoms with E-state index in [2.05, 4.69) is 15.3 Å². The van der Waals surface area contributed by atoms with Crippen LogP contribution in [0.15, 0.2) is 6.20 Å². The average Bonchev–Trinajstić information content (AvgIpc) is 2.81. The minimum absolute atomic E-state index is 0.0656. The van der Waals surface area contributed by atoms with Crippen LogP contribution in [-0.2, 0) is 4.74 Å². The van der Waals surface area contributed by atoms with Crippen LogP contribution in [0.4, 0.5) is 13.2 Å². The van der Waals surface area contributed by atoms with E-state index in [1.165, 1.54) is 7.11 Å². The van der Waals surface area contributed by atoms with Crippen LogP contribution in [0.1, 0.15) is 38.0 Å². The molecule has 1 heterocycles. The van der Waals surface area contributed by atoms with Crippen LogP contribution < -0.4 is 16.0 Å². The van der Waals surface area contributed by atoms with Gasteiger partial charge in [0.1, 0.15) is 6.61 Å². The fourth-order valence-corrected chi connectivity index (χ4v) is 1.94. The Morgan fingerprint density at radius 2 is 2.10 bits per heavy atom. The summed E-state index contributed by atoms with van der Waals surface area (Å²) in [6.45, 7) is 2.51. The highest BCUT2D eigenvalue weighted by atomic mass is 19.4. The Kier molecular flexibility index (Phi) is 6.43. The molecule has 1 unspecified atom stereocenters. The van der Waals surface area contributed by atoms with Crippen molar-refractivity contribution in [3.05, 3.63) is 11.9 Å². The van der Waals surface area contributed by atoms with Crippen LogP contribution in [0.2, 0.25) is 0 Å². The predicted octanol–water partition coefficient (Wildman–Crippen LogP) is 1.95. The van der Waals surface area contributed by atoms with Gasteiger partial charge in [0.2, 0.25) is 0 Å². The van der Waals surface area contributed by atoms with Gasteiger partial charge in [-0.15, -0.1) is 0 Å². The lowest BCUT2D eigenvalue weighted by Gasteiger charge is -2.21. The van der Waals surface area contributed by atoms with Crippen molar-refractivity contribution in [3.63, 3.8) is 0 Å². The first-order chi connectivity index (χ1) is 9.80. The lowest BCUT2D eigenvalue weighted by Crippen LogP contribution is -2.32. The third-order valence-corrected chi connectivity index (χ3v) is 2.86. The molecule has 6 nitrogen and oxygen atoms in total. The van der Waals surface area contributed by atoms with E-state index in [1.54, 1.807) is 10.9 Å². The number of hydrogen-bond acceptors (Lipinski definition) is 5. The number of nitrogens with zero attached hydrogens (tertiary/aromatic N) is 2. The summed E-state index contributed by atoms with van der Waals surface area (Å²) in [6.07, 6.45) is -2.51. The van der Waals surface area contributed by atoms with Crippen LogP contribution >= 0.6 is 0 Å². The number of hydrogen-bond donors (Lipinski definition) is 2. The minimum Gasteiger partial charge on any atom is -0.493 e. The van der Waals surface area contributed by atoms with Gasteiger partial charge in [0.05, 0.1) is 25.0 Å². The first-order valence-electron chi connectivity index (χ1n) is 6.52. The van der Waals surface area contributed by atoms with Gasteiger partial charge in [-0.1, -0.05) is 0 Å². The van der Waals surface area contributed by atoms with E-state index in [0.717, 1.165) is 0 Å². The van der Waals surface area contributed by atoms with Crippen molar-refractivity contribution in [2.24, 2.45) is 5.84 Å². The summed E-state index contributed by atoms with van der Waals surface area (Å²) in [5, 5.41) is 4.20. The largest absolute Gasteiger partial charge is 0.493 e. The molecule has 0 aliphatic carbocycles. The monoisotopic (exact) mass is 310 g/mol. The molecule has 0 aliphatic heterocycles. The van der Waals surface area contributed by atoms with E-state index < -0.39 is 18.8 Å². The SMILES string of the molecule is COc1cnn(C(C)C)c1C(CCOCC(F)(F)F)NN. The predicted molar refractivity (Wildman–Crippen MR) is 70.7 cm³/mol. The second kappa shape index (κ2) is 7.62. The maximum absolute atomic E-state index is 12.0. The van der Waals surface area contributed by atoms with Gasteiger partial charge in [-0.25, -0.2) is 0 Å². The van der Waals surface area contributed by atoms with Crippen molar-refractivity contribution < 1.29 is 22.6 Å². The molecule has 0 spiro atoms. The highest BCUT2D eigenvalue weighted by molar-refractivity contribution is 5.28. The first kappa shape index (κ1) is 17.7. The number of halogens is 3. The molecular weight excluding hydrogens is 289 g/mol. The minimum atomic E-state index is -4.33. The molecule has 1 atom stereocenters. The van der Waals surface area contributed by atoms with Crippen molar-refractivity contribution >= 4 is 0 Å². The van der Waals surface area contributed by atoms with Crippen molar-refractivity contribution in [3.8, 4) is 5.75 Å². The number of hydrazine groups is 1. The number of alkyl halides is 3. The molecule has 122 valence electrons. The van der Waals surface area contributed by atoms with Crippen molar-refractivity contribution in [1.29, 1.82) is 0 Å². The lowest BCUT2D eigenvalue weighted by molar-refractivity contribution is -0.174. The van der Waals surface area contributed by atoms with Gasteiger partial charge in [0.15, 0.2) is 5.75 Å². The summed E-state index contributed by atoms with van der Waals surface area (Å²) in [7, 11) is 1.50. The van der Waals surface area contributed by atoms with Gasteiger partial charge in [-0.3, -0.25) is 16.0 Å². The second-order valence-corrected chi connectivity index (χ2v) is 4.81. The molecular formula is C12H21F3N4O2. The van der Waals surface area contributed by atoms with Gasteiger partial charge in [0.25, 0.3) is 0 Å². The molecule has 0 saturated heterocycles. The summed E-state index contributed by atoms with van der Waals surface area (Å²) >= 11 is 0. The second-order valence-electron chi connectivity index (χ2n) is 4.81. The fraction of sp³-hybridized carbons (Fsp3) is 0.750. The number of rotatable bonds is 8. The fourth-order valence-electron chi connectivity index (χ4n) is 1.94. The summed E-state index contributed by atoms with van der Waals surface area (Å²) in [5.41, 5.74) is 3.26. The van der Waals surface area contributed by atoms with E-state index in [0.29, 0.717) is 11.4 Å². The molecule has 0 aliphatic rings. The first-order valence-corrected chi connectivity index (χ1v) is 6.52. The Morgan fingerprint density at radius 1 is 1.43 bits per heavy atom. The van der Waals surface area contributed by atoms with E-state index in [-0.39, 0.29) is 19.1 Å². The maximum Gasteiger partial charge on any atom is 0.411 e. The Morgan fingerprint density at radius 3 is 2.57 bits per heavy atom. The number of ether oxygens (including phenoxy) is 2. The Labute approximate surface area is 121 Å². The molecule has 0 fully saturated rings. The number of nitrogens with two attached hydrogens (primary N) is 1. The van der Waals surface area contributed by atoms with Gasteiger partial charge >= 0.3 is 6.18 Å². The molecule has 21 heavy (non-hydrogen) atoms. The third kappa shape index (κ3) is 5.18. The highest BCUT2D eigenvalue weighted by Gasteiger charge is 2.28. The van der Waals surface area contributed by atoms with Gasteiger partial charge in [-0.2, -0.15) is 18.3 Å². The maximum atomic E-state index is 12.0. The third-order valence-electron chi connectivity index (χ3n) is 2.86. The topological polar surface area (TPSA) is 74.3 Å². The molecule has 0 bridgehead atoms. The number of nitrogens with one attached hydrogen (secondary N) is 1. The molecule has 0 saturated carbocycles. The number of aromatic nitrogens is 2. The number of methoxy groups -OCH3 is 1. The van der Waals surface area contributed by atoms with E-state index in [1.807, 2.05) is 13.8 Å². The zero-order chi connectivity index (χ0) is 16.0. The zero-order valence-electron chi connectivity index (χ0n) is 12.3. The molecule has 3 N–H and O–H groups in total. The zero-order valence-corrected chi connectivity index (χ0v) is 12.3. The smallest absolute Gasteiger partial charge is 0.411 e. The van der Waals surface area contributed by atoms with Crippen LogP contribution in [0.25, 0.3) is 0 Å². The van der Waals surface area contributed by atoms with Crippen molar-refractivity contribution in [2.75, 3.05) is 20.3 Å². The normalized spacial score (nSPS) is 13.7. The molecule has 1 aromatic rings. The Balaban J connectivity index is 2.73. The Hall–Kier alpha value is -1.32. The highest BCUT2D eigenvalue weighted by Crippen LogP contribution is 2.29. The van der Waals surface area contributed by atoms with E-state index in [4.69, 9.17) is 10.6 Å². The molecule has 1 rings (SSSR count). The molecule has 0 radical (unpaired) electrons. The van der Waals surface area contributed by atoms with Crippen molar-refractivity contribution in [1.82, 2.24) is 15.2 Å². The van der Waals surface area contributed by atoms with Crippen LogP contribution in [0.5, 0.6) is 5.75 Å². The molecule has 9 heteroatoms. The van der Waals surface area contributed by atoms with Gasteiger partial charge in [-0.05, 0) is 20.3 Å². The lowest BCUT2D eigenvalue weighted by atomic mass is 10.1. The average molecular weight is 310 g/mol. The quantitative estimate of drug-likeness (QED) is 0.436. The van der Waals surface area contributed by atoms with E-state index in [9.17, 15) is 13.2 Å². The summed E-state index contributed by atoms with van der Waals surface area (Å²) < 4.78 is 47.6. The van der Waals surface area contributed by atoms with E-state index >= 15 is 0 Å². The van der Waals surface area contributed by atoms with Crippen LogP contribution in [-0.4, -0.2) is 36.3 Å². The Bertz CT molecular complexity index is 435. The summed E-state index contributed by atoms with van der Waals surface area (Å²) in [5.74, 6) is 6.03. The summed E-state index contributed by atoms with van der Waals surface area (Å²) in [4.78, 5) is 0. The van der Waals surface area contributed by atoms with Crippen LogP contribution in [0.3, 0.4) is 0 Å². The summed E-state index contributed by atoms with van der Waals surface area (Å²) in [6, 6.07) is -0.353. The van der Waals surface area contributed by atoms with Gasteiger partial charge in [0, 0.05) is 12.6 Å². The molecule has 1 aromatic heterocycles. The molecule has 0 aromatic carbocycles. The van der Waals surface area contributed by atoms with Crippen molar-refractivity contribution in [2.45, 2.75) is 38.5 Å².